The van der Waals surface area contributed by atoms with Gasteiger partial charge in [-0.2, -0.15) is 0 Å². The van der Waals surface area contributed by atoms with Gasteiger partial charge in [-0.05, 0) is 18.9 Å². The van der Waals surface area contributed by atoms with Crippen molar-refractivity contribution in [2.45, 2.75) is 12.8 Å². The maximum absolute atomic E-state index is 10.6. The standard InChI is InChI=1S/C8H14N2O3/c1-2-7(11)9-5-3-4-6-10-8(12)13/h2,10H,1,3-6H2,(H,9,11)(H,12,13). The number of carboxylic acid groups (broad SMARTS) is 1. The number of amides is 2. The van der Waals surface area contributed by atoms with Gasteiger partial charge in [-0.25, -0.2) is 4.79 Å². The molecule has 0 aliphatic heterocycles. The van der Waals surface area contributed by atoms with Crippen LogP contribution in [-0.2, 0) is 4.79 Å². The third-order valence-corrected chi connectivity index (χ3v) is 1.36. The fourth-order valence-corrected chi connectivity index (χ4v) is 0.729. The summed E-state index contributed by atoms with van der Waals surface area (Å²) in [7, 11) is 0. The van der Waals surface area contributed by atoms with Crippen molar-refractivity contribution < 1.29 is 14.7 Å². The van der Waals surface area contributed by atoms with E-state index in [0.29, 0.717) is 19.5 Å². The van der Waals surface area contributed by atoms with Gasteiger partial charge in [0.05, 0.1) is 0 Å². The van der Waals surface area contributed by atoms with Crippen LogP contribution in [0.25, 0.3) is 0 Å². The van der Waals surface area contributed by atoms with Gasteiger partial charge in [0.15, 0.2) is 0 Å². The van der Waals surface area contributed by atoms with E-state index < -0.39 is 6.09 Å². The zero-order valence-corrected chi connectivity index (χ0v) is 7.38. The smallest absolute Gasteiger partial charge is 0.404 e. The number of hydrogen-bond donors (Lipinski definition) is 3. The minimum atomic E-state index is -1.02. The van der Waals surface area contributed by atoms with Gasteiger partial charge in [-0.3, -0.25) is 4.79 Å². The summed E-state index contributed by atoms with van der Waals surface area (Å²) in [5.74, 6) is -0.203. The molecule has 0 aromatic heterocycles. The molecule has 0 saturated heterocycles. The molecule has 0 unspecified atom stereocenters. The zero-order valence-electron chi connectivity index (χ0n) is 7.38. The van der Waals surface area contributed by atoms with Crippen molar-refractivity contribution in [1.29, 1.82) is 0 Å². The first-order valence-electron chi connectivity index (χ1n) is 4.04. The van der Waals surface area contributed by atoms with Crippen LogP contribution >= 0.6 is 0 Å². The minimum Gasteiger partial charge on any atom is -0.465 e. The molecule has 0 radical (unpaired) electrons. The van der Waals surface area contributed by atoms with Crippen molar-refractivity contribution in [2.75, 3.05) is 13.1 Å². The van der Waals surface area contributed by atoms with E-state index in [1.807, 2.05) is 0 Å². The van der Waals surface area contributed by atoms with Crippen LogP contribution in [0.15, 0.2) is 12.7 Å². The first kappa shape index (κ1) is 11.5. The first-order chi connectivity index (χ1) is 6.16. The van der Waals surface area contributed by atoms with Gasteiger partial charge in [-0.1, -0.05) is 6.58 Å². The molecule has 3 N–H and O–H groups in total. The Bertz CT molecular complexity index is 192. The van der Waals surface area contributed by atoms with E-state index in [2.05, 4.69) is 17.2 Å². The lowest BCUT2D eigenvalue weighted by molar-refractivity contribution is -0.116. The van der Waals surface area contributed by atoms with Crippen LogP contribution in [-0.4, -0.2) is 30.2 Å². The Morgan fingerprint density at radius 3 is 2.23 bits per heavy atom. The average Bonchev–Trinajstić information content (AvgIpc) is 2.10. The monoisotopic (exact) mass is 186 g/mol. The maximum atomic E-state index is 10.6. The summed E-state index contributed by atoms with van der Waals surface area (Å²) in [5.41, 5.74) is 0. The highest BCUT2D eigenvalue weighted by Crippen LogP contribution is 1.84. The highest BCUT2D eigenvalue weighted by Gasteiger charge is 1.94. The van der Waals surface area contributed by atoms with E-state index in [4.69, 9.17) is 5.11 Å². The summed E-state index contributed by atoms with van der Waals surface area (Å²) in [6.07, 6.45) is 1.65. The Morgan fingerprint density at radius 1 is 1.23 bits per heavy atom. The number of hydrogen-bond acceptors (Lipinski definition) is 2. The molecule has 0 fully saturated rings. The Labute approximate surface area is 76.8 Å². The van der Waals surface area contributed by atoms with Crippen LogP contribution in [0.2, 0.25) is 0 Å². The molecule has 0 saturated carbocycles. The molecule has 0 aromatic carbocycles. The number of carbonyl (C=O) groups excluding carboxylic acids is 1. The fourth-order valence-electron chi connectivity index (χ4n) is 0.729. The molecule has 5 nitrogen and oxygen atoms in total. The topological polar surface area (TPSA) is 78.4 Å². The molecule has 5 heteroatoms. The van der Waals surface area contributed by atoms with Gasteiger partial charge in [-0.15, -0.1) is 0 Å². The van der Waals surface area contributed by atoms with Crippen LogP contribution in [0.3, 0.4) is 0 Å². The average molecular weight is 186 g/mol. The van der Waals surface area contributed by atoms with Crippen molar-refractivity contribution in [1.82, 2.24) is 10.6 Å². The summed E-state index contributed by atoms with van der Waals surface area (Å²) < 4.78 is 0. The second-order valence-corrected chi connectivity index (χ2v) is 2.43. The largest absolute Gasteiger partial charge is 0.465 e. The number of rotatable bonds is 6. The van der Waals surface area contributed by atoms with Gasteiger partial charge in [0.25, 0.3) is 0 Å². The first-order valence-corrected chi connectivity index (χ1v) is 4.04. The molecule has 2 amide bonds. The van der Waals surface area contributed by atoms with E-state index in [-0.39, 0.29) is 5.91 Å². The van der Waals surface area contributed by atoms with Crippen molar-refractivity contribution in [3.05, 3.63) is 12.7 Å². The summed E-state index contributed by atoms with van der Waals surface area (Å²) in [5, 5.41) is 13.0. The van der Waals surface area contributed by atoms with Gasteiger partial charge in [0.1, 0.15) is 0 Å². The van der Waals surface area contributed by atoms with E-state index in [1.165, 1.54) is 6.08 Å². The molecule has 0 rings (SSSR count). The summed E-state index contributed by atoms with van der Waals surface area (Å²) in [6, 6.07) is 0. The lowest BCUT2D eigenvalue weighted by atomic mass is 10.3. The van der Waals surface area contributed by atoms with Gasteiger partial charge < -0.3 is 15.7 Å². The fraction of sp³-hybridized carbons (Fsp3) is 0.500. The molecular weight excluding hydrogens is 172 g/mol. The van der Waals surface area contributed by atoms with Crippen LogP contribution in [0, 0.1) is 0 Å². The maximum Gasteiger partial charge on any atom is 0.404 e. The second kappa shape index (κ2) is 7.15. The highest BCUT2D eigenvalue weighted by molar-refractivity contribution is 5.86. The zero-order chi connectivity index (χ0) is 10.1. The molecule has 0 heterocycles. The molecule has 0 atom stereocenters. The third kappa shape index (κ3) is 8.39. The SMILES string of the molecule is C=CC(=O)NCCCCNC(=O)O. The molecule has 0 spiro atoms. The van der Waals surface area contributed by atoms with Crippen molar-refractivity contribution in [3.8, 4) is 0 Å². The van der Waals surface area contributed by atoms with Crippen molar-refractivity contribution >= 4 is 12.0 Å². The van der Waals surface area contributed by atoms with Gasteiger partial charge >= 0.3 is 6.09 Å². The second-order valence-electron chi connectivity index (χ2n) is 2.43. The Morgan fingerprint density at radius 2 is 1.77 bits per heavy atom. The summed E-state index contributed by atoms with van der Waals surface area (Å²) >= 11 is 0. The lowest BCUT2D eigenvalue weighted by Crippen LogP contribution is -2.25. The van der Waals surface area contributed by atoms with Crippen molar-refractivity contribution in [3.63, 3.8) is 0 Å². The quantitative estimate of drug-likeness (QED) is 0.413. The minimum absolute atomic E-state index is 0.203. The summed E-state index contributed by atoms with van der Waals surface area (Å²) in [4.78, 5) is 20.6. The Balaban J connectivity index is 3.12. The Hall–Kier alpha value is -1.52. The number of carbonyl (C=O) groups is 2. The van der Waals surface area contributed by atoms with Crippen LogP contribution in [0.1, 0.15) is 12.8 Å². The van der Waals surface area contributed by atoms with Crippen LogP contribution in [0.4, 0.5) is 4.79 Å². The van der Waals surface area contributed by atoms with Gasteiger partial charge in [0.2, 0.25) is 5.91 Å². The van der Waals surface area contributed by atoms with Gasteiger partial charge in [0, 0.05) is 13.1 Å². The Kier molecular flexibility index (Phi) is 6.31. The van der Waals surface area contributed by atoms with E-state index in [9.17, 15) is 9.59 Å². The molecule has 0 aliphatic carbocycles. The molecular formula is C8H14N2O3. The molecule has 13 heavy (non-hydrogen) atoms. The summed E-state index contributed by atoms with van der Waals surface area (Å²) in [6.45, 7) is 4.26. The normalized spacial score (nSPS) is 8.92. The van der Waals surface area contributed by atoms with E-state index in [0.717, 1.165) is 6.42 Å². The molecule has 74 valence electrons. The lowest BCUT2D eigenvalue weighted by Gasteiger charge is -2.01. The van der Waals surface area contributed by atoms with E-state index in [1.54, 1.807) is 0 Å². The predicted molar refractivity (Wildman–Crippen MR) is 48.5 cm³/mol. The van der Waals surface area contributed by atoms with E-state index >= 15 is 0 Å². The third-order valence-electron chi connectivity index (χ3n) is 1.36. The number of unbranched alkanes of at least 4 members (excludes halogenated alkanes) is 1. The van der Waals surface area contributed by atoms with Crippen molar-refractivity contribution in [2.24, 2.45) is 0 Å². The molecule has 0 aromatic rings. The highest BCUT2D eigenvalue weighted by atomic mass is 16.4. The van der Waals surface area contributed by atoms with Crippen LogP contribution in [0.5, 0.6) is 0 Å². The molecule has 0 aliphatic rings. The van der Waals surface area contributed by atoms with Crippen LogP contribution < -0.4 is 10.6 Å². The predicted octanol–water partition coefficient (Wildman–Crippen LogP) is 0.336. The molecule has 0 bridgehead atoms. The number of nitrogens with one attached hydrogen (secondary N) is 2.